The fourth-order valence-corrected chi connectivity index (χ4v) is 2.20. The van der Waals surface area contributed by atoms with Crippen LogP contribution in [0.4, 0.5) is 18.9 Å². The quantitative estimate of drug-likeness (QED) is 0.772. The van der Waals surface area contributed by atoms with Gasteiger partial charge in [-0.05, 0) is 42.8 Å². The average Bonchev–Trinajstić information content (AvgIpc) is 2.56. The number of carbonyl (C=O) groups is 2. The van der Waals surface area contributed by atoms with E-state index in [9.17, 15) is 22.8 Å². The SMILES string of the molecule is C[C@@H](OC(=O)Cc1ccc(Cl)cc1)C(=O)Nc1cccc(C(F)(F)F)c1. The second kappa shape index (κ2) is 8.23. The van der Waals surface area contributed by atoms with Crippen LogP contribution in [0.3, 0.4) is 0 Å². The Bertz CT molecular complexity index is 791. The van der Waals surface area contributed by atoms with Gasteiger partial charge in [0.1, 0.15) is 0 Å². The molecule has 1 atom stereocenters. The number of rotatable bonds is 5. The molecule has 0 saturated carbocycles. The third kappa shape index (κ3) is 5.77. The summed E-state index contributed by atoms with van der Waals surface area (Å²) in [4.78, 5) is 23.9. The van der Waals surface area contributed by atoms with E-state index in [0.29, 0.717) is 10.6 Å². The fraction of sp³-hybridized carbons (Fsp3) is 0.222. The van der Waals surface area contributed by atoms with Crippen LogP contribution in [0.1, 0.15) is 18.1 Å². The summed E-state index contributed by atoms with van der Waals surface area (Å²) in [5.41, 5.74) is -0.266. The van der Waals surface area contributed by atoms with Crippen molar-refractivity contribution in [3.05, 3.63) is 64.7 Å². The Kier molecular flexibility index (Phi) is 6.26. The van der Waals surface area contributed by atoms with Gasteiger partial charge in [-0.1, -0.05) is 29.8 Å². The number of esters is 1. The van der Waals surface area contributed by atoms with Gasteiger partial charge in [-0.2, -0.15) is 13.2 Å². The largest absolute Gasteiger partial charge is 0.452 e. The zero-order chi connectivity index (χ0) is 19.3. The van der Waals surface area contributed by atoms with Crippen molar-refractivity contribution in [3.8, 4) is 0 Å². The smallest absolute Gasteiger partial charge is 0.416 e. The Hall–Kier alpha value is -2.54. The van der Waals surface area contributed by atoms with Crippen LogP contribution in [0.2, 0.25) is 5.02 Å². The number of hydrogen-bond donors (Lipinski definition) is 1. The van der Waals surface area contributed by atoms with Crippen LogP contribution in [0.5, 0.6) is 0 Å². The van der Waals surface area contributed by atoms with Crippen molar-refractivity contribution in [3.63, 3.8) is 0 Å². The highest BCUT2D eigenvalue weighted by atomic mass is 35.5. The van der Waals surface area contributed by atoms with E-state index in [1.807, 2.05) is 0 Å². The van der Waals surface area contributed by atoms with Crippen LogP contribution in [-0.4, -0.2) is 18.0 Å². The first-order valence-corrected chi connectivity index (χ1v) is 7.95. The predicted octanol–water partition coefficient (Wildman–Crippen LogP) is 4.47. The zero-order valence-electron chi connectivity index (χ0n) is 13.6. The van der Waals surface area contributed by atoms with E-state index in [1.165, 1.54) is 19.1 Å². The molecular formula is C18H15ClF3NO3. The molecule has 26 heavy (non-hydrogen) atoms. The zero-order valence-corrected chi connectivity index (χ0v) is 14.4. The molecule has 0 spiro atoms. The van der Waals surface area contributed by atoms with Gasteiger partial charge < -0.3 is 10.1 Å². The van der Waals surface area contributed by atoms with Gasteiger partial charge in [-0.3, -0.25) is 9.59 Å². The molecule has 0 aliphatic rings. The Morgan fingerprint density at radius 3 is 2.42 bits per heavy atom. The molecule has 0 aliphatic carbocycles. The minimum Gasteiger partial charge on any atom is -0.452 e. The molecule has 4 nitrogen and oxygen atoms in total. The van der Waals surface area contributed by atoms with E-state index in [2.05, 4.69) is 5.32 Å². The summed E-state index contributed by atoms with van der Waals surface area (Å²) in [6, 6.07) is 10.7. The van der Waals surface area contributed by atoms with E-state index in [-0.39, 0.29) is 12.1 Å². The first-order valence-electron chi connectivity index (χ1n) is 7.57. The molecule has 2 aromatic rings. The highest BCUT2D eigenvalue weighted by Crippen LogP contribution is 2.30. The van der Waals surface area contributed by atoms with Gasteiger partial charge >= 0.3 is 12.1 Å². The second-order valence-corrected chi connectivity index (χ2v) is 5.94. The van der Waals surface area contributed by atoms with Crippen LogP contribution in [-0.2, 0) is 26.9 Å². The molecule has 8 heteroatoms. The van der Waals surface area contributed by atoms with Gasteiger partial charge in [-0.25, -0.2) is 0 Å². The van der Waals surface area contributed by atoms with Crippen molar-refractivity contribution in [2.24, 2.45) is 0 Å². The van der Waals surface area contributed by atoms with Crippen molar-refractivity contribution >= 4 is 29.2 Å². The first kappa shape index (κ1) is 19.8. The number of ether oxygens (including phenoxy) is 1. The number of carbonyl (C=O) groups excluding carboxylic acids is 2. The summed E-state index contributed by atoms with van der Waals surface area (Å²) in [6.45, 7) is 1.34. The maximum Gasteiger partial charge on any atom is 0.416 e. The van der Waals surface area contributed by atoms with Crippen molar-refractivity contribution < 1.29 is 27.5 Å². The summed E-state index contributed by atoms with van der Waals surface area (Å²) in [5, 5.41) is 2.82. The highest BCUT2D eigenvalue weighted by molar-refractivity contribution is 6.30. The molecule has 0 bridgehead atoms. The van der Waals surface area contributed by atoms with Crippen molar-refractivity contribution in [1.29, 1.82) is 0 Å². The van der Waals surface area contributed by atoms with Crippen LogP contribution >= 0.6 is 11.6 Å². The summed E-state index contributed by atoms with van der Waals surface area (Å²) in [6.07, 6.45) is -5.74. The van der Waals surface area contributed by atoms with E-state index in [0.717, 1.165) is 12.1 Å². The normalized spacial score (nSPS) is 12.3. The third-order valence-corrected chi connectivity index (χ3v) is 3.65. The number of benzene rings is 2. The lowest BCUT2D eigenvalue weighted by Gasteiger charge is -2.14. The molecule has 0 heterocycles. The van der Waals surface area contributed by atoms with Crippen LogP contribution in [0.15, 0.2) is 48.5 Å². The Morgan fingerprint density at radius 1 is 1.15 bits per heavy atom. The number of amides is 1. The first-order chi connectivity index (χ1) is 12.1. The van der Waals surface area contributed by atoms with Crippen molar-refractivity contribution in [2.45, 2.75) is 25.6 Å². The predicted molar refractivity (Wildman–Crippen MR) is 90.8 cm³/mol. The van der Waals surface area contributed by atoms with E-state index in [4.69, 9.17) is 16.3 Å². The molecular weight excluding hydrogens is 371 g/mol. The third-order valence-electron chi connectivity index (χ3n) is 3.40. The molecule has 0 unspecified atom stereocenters. The molecule has 0 aliphatic heterocycles. The standard InChI is InChI=1S/C18H15ClF3NO3/c1-11(26-16(24)9-12-5-7-14(19)8-6-12)17(25)23-15-4-2-3-13(10-15)18(20,21)22/h2-8,10-11H,9H2,1H3,(H,23,25)/t11-/m1/s1. The summed E-state index contributed by atoms with van der Waals surface area (Å²) in [5.74, 6) is -1.37. The van der Waals surface area contributed by atoms with E-state index >= 15 is 0 Å². The van der Waals surface area contributed by atoms with E-state index in [1.54, 1.807) is 24.3 Å². The Balaban J connectivity index is 1.93. The molecule has 1 N–H and O–H groups in total. The lowest BCUT2D eigenvalue weighted by Crippen LogP contribution is -2.30. The Labute approximate surface area is 152 Å². The van der Waals surface area contributed by atoms with Crippen molar-refractivity contribution in [1.82, 2.24) is 0 Å². The highest BCUT2D eigenvalue weighted by Gasteiger charge is 2.30. The molecule has 2 rings (SSSR count). The number of nitrogens with one attached hydrogen (secondary N) is 1. The van der Waals surface area contributed by atoms with Gasteiger partial charge in [0.2, 0.25) is 0 Å². The van der Waals surface area contributed by atoms with Gasteiger partial charge in [-0.15, -0.1) is 0 Å². The van der Waals surface area contributed by atoms with E-state index < -0.39 is 29.7 Å². The Morgan fingerprint density at radius 2 is 1.81 bits per heavy atom. The number of halogens is 4. The van der Waals surface area contributed by atoms with Crippen LogP contribution in [0, 0.1) is 0 Å². The summed E-state index contributed by atoms with van der Waals surface area (Å²) in [7, 11) is 0. The molecule has 0 aromatic heterocycles. The van der Waals surface area contributed by atoms with Crippen LogP contribution in [0.25, 0.3) is 0 Å². The number of alkyl halides is 3. The van der Waals surface area contributed by atoms with Crippen molar-refractivity contribution in [2.75, 3.05) is 5.32 Å². The average molecular weight is 386 g/mol. The van der Waals surface area contributed by atoms with Gasteiger partial charge in [0.05, 0.1) is 12.0 Å². The molecule has 2 aromatic carbocycles. The molecule has 0 radical (unpaired) electrons. The summed E-state index contributed by atoms with van der Waals surface area (Å²) >= 11 is 5.75. The maximum atomic E-state index is 12.7. The lowest BCUT2D eigenvalue weighted by atomic mass is 10.1. The molecule has 0 saturated heterocycles. The molecule has 1 amide bonds. The number of anilines is 1. The monoisotopic (exact) mass is 385 g/mol. The maximum absolute atomic E-state index is 12.7. The number of hydrogen-bond acceptors (Lipinski definition) is 3. The van der Waals surface area contributed by atoms with Gasteiger partial charge in [0.15, 0.2) is 6.10 Å². The minimum atomic E-state index is -4.52. The van der Waals surface area contributed by atoms with Crippen LogP contribution < -0.4 is 5.32 Å². The van der Waals surface area contributed by atoms with Gasteiger partial charge in [0.25, 0.3) is 5.91 Å². The summed E-state index contributed by atoms with van der Waals surface area (Å²) < 4.78 is 43.0. The molecule has 138 valence electrons. The second-order valence-electron chi connectivity index (χ2n) is 5.50. The molecule has 0 fully saturated rings. The van der Waals surface area contributed by atoms with Gasteiger partial charge in [0, 0.05) is 10.7 Å². The fourth-order valence-electron chi connectivity index (χ4n) is 2.08. The lowest BCUT2D eigenvalue weighted by molar-refractivity contribution is -0.152. The topological polar surface area (TPSA) is 55.4 Å². The minimum absolute atomic E-state index is 0.0366.